The summed E-state index contributed by atoms with van der Waals surface area (Å²) < 4.78 is 10.7. The molecule has 0 saturated carbocycles. The van der Waals surface area contributed by atoms with E-state index < -0.39 is 0 Å². The van der Waals surface area contributed by atoms with Crippen LogP contribution in [0.5, 0.6) is 11.5 Å². The van der Waals surface area contributed by atoms with Gasteiger partial charge in [0.2, 0.25) is 0 Å². The molecule has 1 atom stereocenters. The van der Waals surface area contributed by atoms with Gasteiger partial charge in [0, 0.05) is 11.6 Å². The van der Waals surface area contributed by atoms with E-state index >= 15 is 0 Å². The van der Waals surface area contributed by atoms with Crippen molar-refractivity contribution in [3.05, 3.63) is 23.3 Å². The molecular formula is C13H19NO2. The third-order valence-electron chi connectivity index (χ3n) is 3.34. The molecule has 0 saturated heterocycles. The van der Waals surface area contributed by atoms with E-state index in [2.05, 4.69) is 6.07 Å². The van der Waals surface area contributed by atoms with Crippen molar-refractivity contribution in [3.63, 3.8) is 0 Å². The summed E-state index contributed by atoms with van der Waals surface area (Å²) in [5.74, 6) is 2.38. The van der Waals surface area contributed by atoms with E-state index in [0.29, 0.717) is 5.92 Å². The molecule has 1 aromatic rings. The maximum absolute atomic E-state index is 5.65. The average Bonchev–Trinajstić information content (AvgIpc) is 2.72. The SMILES string of the molecule is COc1cc2c(c(OC)c1)C(CCN)CC2. The van der Waals surface area contributed by atoms with Crippen molar-refractivity contribution in [1.82, 2.24) is 0 Å². The van der Waals surface area contributed by atoms with Crippen LogP contribution >= 0.6 is 0 Å². The summed E-state index contributed by atoms with van der Waals surface area (Å²) >= 11 is 0. The fourth-order valence-corrected chi connectivity index (χ4v) is 2.58. The molecule has 0 heterocycles. The van der Waals surface area contributed by atoms with Gasteiger partial charge in [-0.15, -0.1) is 0 Å². The molecule has 1 aromatic carbocycles. The van der Waals surface area contributed by atoms with E-state index in [1.165, 1.54) is 17.5 Å². The van der Waals surface area contributed by atoms with Crippen molar-refractivity contribution in [1.29, 1.82) is 0 Å². The first-order chi connectivity index (χ1) is 7.80. The van der Waals surface area contributed by atoms with Crippen molar-refractivity contribution in [2.24, 2.45) is 5.73 Å². The van der Waals surface area contributed by atoms with Gasteiger partial charge in [0.15, 0.2) is 0 Å². The molecule has 1 unspecified atom stereocenters. The highest BCUT2D eigenvalue weighted by molar-refractivity contribution is 5.51. The highest BCUT2D eigenvalue weighted by Gasteiger charge is 2.26. The number of methoxy groups -OCH3 is 2. The van der Waals surface area contributed by atoms with E-state index in [4.69, 9.17) is 15.2 Å². The third-order valence-corrected chi connectivity index (χ3v) is 3.34. The molecule has 3 nitrogen and oxygen atoms in total. The smallest absolute Gasteiger partial charge is 0.126 e. The van der Waals surface area contributed by atoms with Crippen molar-refractivity contribution in [3.8, 4) is 11.5 Å². The van der Waals surface area contributed by atoms with Gasteiger partial charge in [0.1, 0.15) is 11.5 Å². The van der Waals surface area contributed by atoms with E-state index in [-0.39, 0.29) is 0 Å². The van der Waals surface area contributed by atoms with Crippen LogP contribution in [0.2, 0.25) is 0 Å². The van der Waals surface area contributed by atoms with E-state index in [1.54, 1.807) is 14.2 Å². The van der Waals surface area contributed by atoms with Crippen LogP contribution in [-0.2, 0) is 6.42 Å². The number of ether oxygens (including phenoxy) is 2. The zero-order valence-corrected chi connectivity index (χ0v) is 9.95. The van der Waals surface area contributed by atoms with Crippen LogP contribution in [0.15, 0.2) is 12.1 Å². The highest BCUT2D eigenvalue weighted by atomic mass is 16.5. The lowest BCUT2D eigenvalue weighted by Gasteiger charge is -2.15. The van der Waals surface area contributed by atoms with Crippen LogP contribution in [0, 0.1) is 0 Å². The predicted molar refractivity (Wildman–Crippen MR) is 64.3 cm³/mol. The Morgan fingerprint density at radius 2 is 2.12 bits per heavy atom. The molecule has 1 aliphatic carbocycles. The van der Waals surface area contributed by atoms with Crippen LogP contribution in [-0.4, -0.2) is 20.8 Å². The number of nitrogens with two attached hydrogens (primary N) is 1. The van der Waals surface area contributed by atoms with Crippen molar-refractivity contribution >= 4 is 0 Å². The molecular weight excluding hydrogens is 202 g/mol. The van der Waals surface area contributed by atoms with Crippen molar-refractivity contribution < 1.29 is 9.47 Å². The Kier molecular flexibility index (Phi) is 3.34. The second-order valence-corrected chi connectivity index (χ2v) is 4.22. The predicted octanol–water partition coefficient (Wildman–Crippen LogP) is 2.08. The average molecular weight is 221 g/mol. The lowest BCUT2D eigenvalue weighted by atomic mass is 9.97. The van der Waals surface area contributed by atoms with Crippen LogP contribution < -0.4 is 15.2 Å². The highest BCUT2D eigenvalue weighted by Crippen LogP contribution is 2.43. The molecule has 0 radical (unpaired) electrons. The lowest BCUT2D eigenvalue weighted by Crippen LogP contribution is -2.06. The Morgan fingerprint density at radius 3 is 2.75 bits per heavy atom. The number of aryl methyl sites for hydroxylation is 1. The van der Waals surface area contributed by atoms with Gasteiger partial charge in [-0.25, -0.2) is 0 Å². The van der Waals surface area contributed by atoms with Crippen LogP contribution in [0.25, 0.3) is 0 Å². The first kappa shape index (κ1) is 11.3. The zero-order chi connectivity index (χ0) is 11.5. The van der Waals surface area contributed by atoms with Gasteiger partial charge < -0.3 is 15.2 Å². The molecule has 0 spiro atoms. The minimum absolute atomic E-state index is 0.556. The third kappa shape index (κ3) is 1.87. The fraction of sp³-hybridized carbons (Fsp3) is 0.538. The molecule has 0 amide bonds. The molecule has 0 fully saturated rings. The standard InChI is InChI=1S/C13H19NO2/c1-15-11-7-10-4-3-9(5-6-14)13(10)12(8-11)16-2/h7-9H,3-6,14H2,1-2H3. The molecule has 0 aliphatic heterocycles. The number of fused-ring (bicyclic) bond motifs is 1. The number of benzene rings is 1. The topological polar surface area (TPSA) is 44.5 Å². The normalized spacial score (nSPS) is 18.3. The maximum Gasteiger partial charge on any atom is 0.126 e. The quantitative estimate of drug-likeness (QED) is 0.846. The van der Waals surface area contributed by atoms with Crippen LogP contribution in [0.3, 0.4) is 0 Å². The van der Waals surface area contributed by atoms with Gasteiger partial charge in [-0.3, -0.25) is 0 Å². The second-order valence-electron chi connectivity index (χ2n) is 4.22. The number of rotatable bonds is 4. The zero-order valence-electron chi connectivity index (χ0n) is 9.95. The molecule has 88 valence electrons. The molecule has 2 rings (SSSR count). The largest absolute Gasteiger partial charge is 0.497 e. The van der Waals surface area contributed by atoms with E-state index in [1.807, 2.05) is 6.07 Å². The molecule has 3 heteroatoms. The summed E-state index contributed by atoms with van der Waals surface area (Å²) in [5.41, 5.74) is 8.35. The Morgan fingerprint density at radius 1 is 1.31 bits per heavy atom. The Bertz CT molecular complexity index is 376. The summed E-state index contributed by atoms with van der Waals surface area (Å²) in [6.07, 6.45) is 3.32. The fourth-order valence-electron chi connectivity index (χ4n) is 2.58. The summed E-state index contributed by atoms with van der Waals surface area (Å²) in [6, 6.07) is 4.09. The summed E-state index contributed by atoms with van der Waals surface area (Å²) in [5, 5.41) is 0. The minimum atomic E-state index is 0.556. The second kappa shape index (κ2) is 4.74. The summed E-state index contributed by atoms with van der Waals surface area (Å²) in [7, 11) is 3.40. The number of hydrogen-bond donors (Lipinski definition) is 1. The van der Waals surface area contributed by atoms with Crippen molar-refractivity contribution in [2.75, 3.05) is 20.8 Å². The molecule has 0 aromatic heterocycles. The maximum atomic E-state index is 5.65. The van der Waals surface area contributed by atoms with Crippen molar-refractivity contribution in [2.45, 2.75) is 25.2 Å². The summed E-state index contributed by atoms with van der Waals surface area (Å²) in [4.78, 5) is 0. The summed E-state index contributed by atoms with van der Waals surface area (Å²) in [6.45, 7) is 0.735. The van der Waals surface area contributed by atoms with Gasteiger partial charge in [0.05, 0.1) is 14.2 Å². The van der Waals surface area contributed by atoms with E-state index in [0.717, 1.165) is 30.9 Å². The van der Waals surface area contributed by atoms with Gasteiger partial charge in [0.25, 0.3) is 0 Å². The molecule has 0 bridgehead atoms. The van der Waals surface area contributed by atoms with Crippen LogP contribution in [0.1, 0.15) is 29.9 Å². The van der Waals surface area contributed by atoms with Gasteiger partial charge in [-0.2, -0.15) is 0 Å². The molecule has 1 aliphatic rings. The van der Waals surface area contributed by atoms with Crippen LogP contribution in [0.4, 0.5) is 0 Å². The first-order valence-corrected chi connectivity index (χ1v) is 5.75. The molecule has 16 heavy (non-hydrogen) atoms. The monoisotopic (exact) mass is 221 g/mol. The lowest BCUT2D eigenvalue weighted by molar-refractivity contribution is 0.388. The number of hydrogen-bond acceptors (Lipinski definition) is 3. The first-order valence-electron chi connectivity index (χ1n) is 5.75. The minimum Gasteiger partial charge on any atom is -0.497 e. The van der Waals surface area contributed by atoms with Gasteiger partial charge in [-0.05, 0) is 43.4 Å². The van der Waals surface area contributed by atoms with Gasteiger partial charge >= 0.3 is 0 Å². The Labute approximate surface area is 96.5 Å². The van der Waals surface area contributed by atoms with E-state index in [9.17, 15) is 0 Å². The Balaban J connectivity index is 2.40. The molecule has 2 N–H and O–H groups in total. The van der Waals surface area contributed by atoms with Gasteiger partial charge in [-0.1, -0.05) is 0 Å². The Hall–Kier alpha value is -1.22.